The zero-order valence-electron chi connectivity index (χ0n) is 17.7. The maximum absolute atomic E-state index is 13.2. The average molecular weight is 447 g/mol. The van der Waals surface area contributed by atoms with Crippen LogP contribution in [0.15, 0.2) is 115 Å². The highest BCUT2D eigenvalue weighted by molar-refractivity contribution is 7.89. The quantitative estimate of drug-likeness (QED) is 0.454. The predicted octanol–water partition coefficient (Wildman–Crippen LogP) is 4.82. The van der Waals surface area contributed by atoms with Gasteiger partial charge in [-0.2, -0.15) is 4.31 Å². The molecule has 0 spiro atoms. The Labute approximate surface area is 189 Å². The normalized spacial score (nSPS) is 11.3. The molecule has 0 saturated heterocycles. The van der Waals surface area contributed by atoms with E-state index in [0.29, 0.717) is 5.69 Å². The third-order valence-electron chi connectivity index (χ3n) is 4.95. The lowest BCUT2D eigenvalue weighted by Gasteiger charge is -2.20. The summed E-state index contributed by atoms with van der Waals surface area (Å²) in [6.45, 7) is 7.60. The number of nitrogens with one attached hydrogen (secondary N) is 1. The number of carbonyl (C=O) groups is 1. The van der Waals surface area contributed by atoms with Gasteiger partial charge in [-0.3, -0.25) is 4.79 Å². The van der Waals surface area contributed by atoms with Crippen molar-refractivity contribution in [3.05, 3.63) is 121 Å². The molecule has 1 N–H and O–H groups in total. The van der Waals surface area contributed by atoms with Crippen LogP contribution in [0.5, 0.6) is 0 Å². The second-order valence-corrected chi connectivity index (χ2v) is 9.11. The first-order valence-electron chi connectivity index (χ1n) is 10.2. The van der Waals surface area contributed by atoms with Gasteiger partial charge in [0.2, 0.25) is 15.9 Å². The molecule has 3 aromatic carbocycles. The fraction of sp³-hybridized carbons (Fsp3) is 0.115. The van der Waals surface area contributed by atoms with Crippen molar-refractivity contribution in [2.24, 2.45) is 0 Å². The monoisotopic (exact) mass is 446 g/mol. The van der Waals surface area contributed by atoms with Crippen molar-refractivity contribution in [3.8, 4) is 0 Å². The first-order valence-corrected chi connectivity index (χ1v) is 11.6. The van der Waals surface area contributed by atoms with Crippen molar-refractivity contribution in [2.45, 2.75) is 10.8 Å². The van der Waals surface area contributed by atoms with Crippen LogP contribution in [0.25, 0.3) is 0 Å². The van der Waals surface area contributed by atoms with Crippen LogP contribution in [0.1, 0.15) is 17.0 Å². The van der Waals surface area contributed by atoms with Crippen molar-refractivity contribution < 1.29 is 13.2 Å². The maximum atomic E-state index is 13.2. The van der Waals surface area contributed by atoms with Crippen LogP contribution in [0.2, 0.25) is 0 Å². The Kier molecular flexibility index (Phi) is 7.76. The fourth-order valence-electron chi connectivity index (χ4n) is 3.42. The van der Waals surface area contributed by atoms with Gasteiger partial charge in [-0.15, -0.1) is 13.2 Å². The molecule has 3 rings (SSSR count). The van der Waals surface area contributed by atoms with Gasteiger partial charge in [0.15, 0.2) is 0 Å². The Morgan fingerprint density at radius 3 is 1.72 bits per heavy atom. The molecule has 0 fully saturated rings. The molecule has 0 bridgehead atoms. The van der Waals surface area contributed by atoms with Gasteiger partial charge in [0, 0.05) is 18.8 Å². The molecule has 0 saturated carbocycles. The van der Waals surface area contributed by atoms with E-state index in [0.717, 1.165) is 11.1 Å². The van der Waals surface area contributed by atoms with E-state index in [2.05, 4.69) is 18.5 Å². The van der Waals surface area contributed by atoms with Crippen LogP contribution in [-0.2, 0) is 14.8 Å². The molecule has 0 heterocycles. The third-order valence-corrected chi connectivity index (χ3v) is 6.80. The molecule has 0 radical (unpaired) electrons. The second-order valence-electron chi connectivity index (χ2n) is 7.17. The zero-order chi connectivity index (χ0) is 23.0. The SMILES string of the molecule is C=CCN(CC=C)S(=O)(=O)c1ccc(NC(=O)C(c2ccccc2)c2ccccc2)cc1. The molecule has 0 aliphatic carbocycles. The summed E-state index contributed by atoms with van der Waals surface area (Å²) in [5.41, 5.74) is 2.27. The molecule has 5 nitrogen and oxygen atoms in total. The number of hydrogen-bond acceptors (Lipinski definition) is 3. The van der Waals surface area contributed by atoms with Crippen LogP contribution in [-0.4, -0.2) is 31.7 Å². The van der Waals surface area contributed by atoms with Crippen molar-refractivity contribution in [2.75, 3.05) is 18.4 Å². The molecule has 1 amide bonds. The lowest BCUT2D eigenvalue weighted by Crippen LogP contribution is -2.31. The Hall–Kier alpha value is -3.48. The van der Waals surface area contributed by atoms with E-state index < -0.39 is 15.9 Å². The number of carbonyl (C=O) groups excluding carboxylic acids is 1. The van der Waals surface area contributed by atoms with E-state index in [1.807, 2.05) is 60.7 Å². The number of rotatable bonds is 10. The smallest absolute Gasteiger partial charge is 0.243 e. The van der Waals surface area contributed by atoms with E-state index in [9.17, 15) is 13.2 Å². The first-order chi connectivity index (χ1) is 15.5. The molecule has 32 heavy (non-hydrogen) atoms. The molecule has 6 heteroatoms. The molecule has 0 unspecified atom stereocenters. The second kappa shape index (κ2) is 10.7. The van der Waals surface area contributed by atoms with E-state index in [-0.39, 0.29) is 23.9 Å². The number of benzene rings is 3. The van der Waals surface area contributed by atoms with Crippen LogP contribution in [0.3, 0.4) is 0 Å². The Bertz CT molecular complexity index is 1110. The predicted molar refractivity (Wildman–Crippen MR) is 129 cm³/mol. The Balaban J connectivity index is 1.84. The van der Waals surface area contributed by atoms with Crippen molar-refractivity contribution in [1.82, 2.24) is 4.31 Å². The summed E-state index contributed by atoms with van der Waals surface area (Å²) in [5.74, 6) is -0.686. The van der Waals surface area contributed by atoms with Crippen LogP contribution in [0.4, 0.5) is 5.69 Å². The lowest BCUT2D eigenvalue weighted by molar-refractivity contribution is -0.116. The van der Waals surface area contributed by atoms with Crippen molar-refractivity contribution in [1.29, 1.82) is 0 Å². The fourth-order valence-corrected chi connectivity index (χ4v) is 4.80. The highest BCUT2D eigenvalue weighted by atomic mass is 32.2. The molecular formula is C26H26N2O3S. The highest BCUT2D eigenvalue weighted by Gasteiger charge is 2.24. The van der Waals surface area contributed by atoms with E-state index in [4.69, 9.17) is 0 Å². The summed E-state index contributed by atoms with van der Waals surface area (Å²) in [5, 5.41) is 2.92. The van der Waals surface area contributed by atoms with Gasteiger partial charge in [-0.25, -0.2) is 8.42 Å². The average Bonchev–Trinajstić information content (AvgIpc) is 2.81. The number of sulfonamides is 1. The number of amides is 1. The van der Waals surface area contributed by atoms with Gasteiger partial charge in [0.05, 0.1) is 10.8 Å². The highest BCUT2D eigenvalue weighted by Crippen LogP contribution is 2.27. The topological polar surface area (TPSA) is 66.5 Å². The van der Waals surface area contributed by atoms with Crippen LogP contribution >= 0.6 is 0 Å². The van der Waals surface area contributed by atoms with Crippen molar-refractivity contribution in [3.63, 3.8) is 0 Å². The first kappa shape index (κ1) is 23.2. The Morgan fingerprint density at radius 2 is 1.28 bits per heavy atom. The largest absolute Gasteiger partial charge is 0.325 e. The standard InChI is InChI=1S/C26H26N2O3S/c1-3-19-28(20-4-2)32(30,31)24-17-15-23(16-18-24)27-26(29)25(21-11-7-5-8-12-21)22-13-9-6-10-14-22/h3-18,25H,1-2,19-20H2,(H,27,29). The van der Waals surface area contributed by atoms with Gasteiger partial charge in [-0.1, -0.05) is 72.8 Å². The summed E-state index contributed by atoms with van der Waals surface area (Å²) in [6, 6.07) is 25.3. The summed E-state index contributed by atoms with van der Waals surface area (Å²) >= 11 is 0. The van der Waals surface area contributed by atoms with Gasteiger partial charge < -0.3 is 5.32 Å². The molecule has 0 aromatic heterocycles. The van der Waals surface area contributed by atoms with Gasteiger partial charge in [0.25, 0.3) is 0 Å². The minimum atomic E-state index is -3.69. The van der Waals surface area contributed by atoms with Gasteiger partial charge >= 0.3 is 0 Å². The summed E-state index contributed by atoms with van der Waals surface area (Å²) in [7, 11) is -3.69. The molecule has 0 aliphatic heterocycles. The molecule has 0 aliphatic rings. The number of nitrogens with zero attached hydrogens (tertiary/aromatic N) is 1. The molecule has 3 aromatic rings. The third kappa shape index (κ3) is 5.41. The minimum absolute atomic E-state index is 0.141. The molecule has 0 atom stereocenters. The van der Waals surface area contributed by atoms with Crippen molar-refractivity contribution >= 4 is 21.6 Å². The van der Waals surface area contributed by atoms with E-state index >= 15 is 0 Å². The van der Waals surface area contributed by atoms with E-state index in [1.165, 1.54) is 28.6 Å². The van der Waals surface area contributed by atoms with Crippen LogP contribution < -0.4 is 5.32 Å². The molecule has 164 valence electrons. The zero-order valence-corrected chi connectivity index (χ0v) is 18.5. The minimum Gasteiger partial charge on any atom is -0.325 e. The molecular weight excluding hydrogens is 420 g/mol. The summed E-state index contributed by atoms with van der Waals surface area (Å²) < 4.78 is 27.0. The number of anilines is 1. The van der Waals surface area contributed by atoms with Gasteiger partial charge in [-0.05, 0) is 35.4 Å². The summed E-state index contributed by atoms with van der Waals surface area (Å²) in [4.78, 5) is 13.4. The van der Waals surface area contributed by atoms with Crippen LogP contribution in [0, 0.1) is 0 Å². The van der Waals surface area contributed by atoms with E-state index in [1.54, 1.807) is 12.1 Å². The summed E-state index contributed by atoms with van der Waals surface area (Å²) in [6.07, 6.45) is 3.06. The maximum Gasteiger partial charge on any atom is 0.243 e. The lowest BCUT2D eigenvalue weighted by atomic mass is 9.90. The van der Waals surface area contributed by atoms with Gasteiger partial charge in [0.1, 0.15) is 0 Å². The number of hydrogen-bond donors (Lipinski definition) is 1. The Morgan fingerprint density at radius 1 is 0.812 bits per heavy atom.